The van der Waals surface area contributed by atoms with E-state index in [1.165, 1.54) is 16.8 Å². The van der Waals surface area contributed by atoms with Gasteiger partial charge in [0.2, 0.25) is 0 Å². The van der Waals surface area contributed by atoms with Gasteiger partial charge in [0, 0.05) is 35.8 Å². The lowest BCUT2D eigenvalue weighted by Gasteiger charge is -2.39. The number of aromatic nitrogens is 2. The second-order valence-corrected chi connectivity index (χ2v) is 10.5. The third-order valence-corrected chi connectivity index (χ3v) is 6.68. The van der Waals surface area contributed by atoms with Gasteiger partial charge in [-0.1, -0.05) is 0 Å². The molecule has 0 saturated heterocycles. The van der Waals surface area contributed by atoms with Gasteiger partial charge in [-0.15, -0.1) is 0 Å². The number of amides is 2. The standard InChI is InChI=1S/C28H25F2N5O4/c1-28(2,3)39-27(38)35-12-22-24(16-9-18(29)19(30)10-17(16)25(36)33-22)23(13-35)34(4)26(37)21-8-15-7-14(11-31)5-6-20(15)32-21/h5-10,23,32H,12-13H2,1-4H3,(H,33,36)/t23-/m0/s1. The third-order valence-electron chi connectivity index (χ3n) is 6.68. The number of halogens is 2. The van der Waals surface area contributed by atoms with Crippen molar-refractivity contribution in [2.45, 2.75) is 39.0 Å². The van der Waals surface area contributed by atoms with Crippen molar-refractivity contribution in [3.05, 3.63) is 80.9 Å². The van der Waals surface area contributed by atoms with Crippen LogP contribution in [0.1, 0.15) is 54.1 Å². The Labute approximate surface area is 221 Å². The Morgan fingerprint density at radius 3 is 2.46 bits per heavy atom. The smallest absolute Gasteiger partial charge is 0.410 e. The van der Waals surface area contributed by atoms with Crippen molar-refractivity contribution in [2.24, 2.45) is 0 Å². The van der Waals surface area contributed by atoms with Crippen molar-refractivity contribution in [2.75, 3.05) is 13.6 Å². The molecular weight excluding hydrogens is 508 g/mol. The summed E-state index contributed by atoms with van der Waals surface area (Å²) in [5.41, 5.74) is 0.566. The molecule has 2 aromatic carbocycles. The number of hydrogen-bond acceptors (Lipinski definition) is 5. The summed E-state index contributed by atoms with van der Waals surface area (Å²) in [5, 5.41) is 9.94. The molecule has 0 aliphatic carbocycles. The van der Waals surface area contributed by atoms with Crippen LogP contribution in [0.2, 0.25) is 0 Å². The SMILES string of the molecule is CN(C(=O)c1cc2cc(C#N)ccc2[nH]1)[C@H]1CN(C(=O)OC(C)(C)C)Cc2[nH]c(=O)c3cc(F)c(F)cc3c21. The second-order valence-electron chi connectivity index (χ2n) is 10.5. The fourth-order valence-corrected chi connectivity index (χ4v) is 4.88. The number of rotatable bonds is 2. The maximum Gasteiger partial charge on any atom is 0.410 e. The van der Waals surface area contributed by atoms with E-state index in [2.05, 4.69) is 16.0 Å². The Morgan fingerprint density at radius 1 is 1.10 bits per heavy atom. The number of nitrogens with one attached hydrogen (secondary N) is 2. The van der Waals surface area contributed by atoms with Crippen LogP contribution in [0.15, 0.2) is 41.2 Å². The zero-order chi connectivity index (χ0) is 28.2. The lowest BCUT2D eigenvalue weighted by atomic mass is 9.92. The Bertz CT molecular complexity index is 1760. The van der Waals surface area contributed by atoms with Crippen molar-refractivity contribution >= 4 is 33.7 Å². The average Bonchev–Trinajstić information content (AvgIpc) is 3.30. The highest BCUT2D eigenvalue weighted by Gasteiger charge is 2.37. The molecular formula is C28H25F2N5O4. The highest BCUT2D eigenvalue weighted by atomic mass is 19.2. The molecule has 11 heteroatoms. The van der Waals surface area contributed by atoms with E-state index in [4.69, 9.17) is 4.74 Å². The zero-order valence-corrected chi connectivity index (χ0v) is 21.7. The van der Waals surface area contributed by atoms with E-state index < -0.39 is 40.8 Å². The maximum atomic E-state index is 14.4. The number of nitrogens with zero attached hydrogens (tertiary/aromatic N) is 3. The molecule has 39 heavy (non-hydrogen) atoms. The number of pyridine rings is 1. The Morgan fingerprint density at radius 2 is 1.79 bits per heavy atom. The van der Waals surface area contributed by atoms with Crippen molar-refractivity contribution in [3.8, 4) is 6.07 Å². The van der Waals surface area contributed by atoms with Gasteiger partial charge in [-0.2, -0.15) is 5.26 Å². The number of likely N-dealkylation sites (N-methyl/N-ethyl adjacent to an activating group) is 1. The summed E-state index contributed by atoms with van der Waals surface area (Å²) in [6.45, 7) is 5.07. The van der Waals surface area contributed by atoms with Gasteiger partial charge >= 0.3 is 6.09 Å². The first kappa shape index (κ1) is 25.9. The fraction of sp³-hybridized carbons (Fsp3) is 0.286. The molecule has 5 rings (SSSR count). The van der Waals surface area contributed by atoms with Gasteiger partial charge in [0.05, 0.1) is 29.6 Å². The van der Waals surface area contributed by atoms with E-state index in [1.54, 1.807) is 45.0 Å². The van der Waals surface area contributed by atoms with E-state index in [0.717, 1.165) is 12.1 Å². The van der Waals surface area contributed by atoms with Crippen molar-refractivity contribution in [1.29, 1.82) is 5.26 Å². The lowest BCUT2D eigenvalue weighted by Crippen LogP contribution is -2.47. The first-order chi connectivity index (χ1) is 18.4. The zero-order valence-electron chi connectivity index (χ0n) is 21.7. The maximum absolute atomic E-state index is 14.4. The van der Waals surface area contributed by atoms with Crippen LogP contribution in [0, 0.1) is 23.0 Å². The minimum absolute atomic E-state index is 0.0247. The number of nitriles is 1. The summed E-state index contributed by atoms with van der Waals surface area (Å²) < 4.78 is 34.0. The van der Waals surface area contributed by atoms with Gasteiger partial charge < -0.3 is 19.6 Å². The first-order valence-electron chi connectivity index (χ1n) is 12.2. The highest BCUT2D eigenvalue weighted by Crippen LogP contribution is 2.36. The van der Waals surface area contributed by atoms with Crippen LogP contribution in [0.25, 0.3) is 21.7 Å². The molecule has 0 bridgehead atoms. The normalized spacial score (nSPS) is 15.2. The predicted octanol–water partition coefficient (Wildman–Crippen LogP) is 4.72. The molecule has 9 nitrogen and oxygen atoms in total. The molecule has 1 aliphatic rings. The van der Waals surface area contributed by atoms with Crippen molar-refractivity contribution in [1.82, 2.24) is 19.8 Å². The first-order valence-corrected chi connectivity index (χ1v) is 12.2. The second kappa shape index (κ2) is 9.23. The van der Waals surface area contributed by atoms with Crippen LogP contribution in [-0.2, 0) is 11.3 Å². The monoisotopic (exact) mass is 533 g/mol. The molecule has 0 radical (unpaired) electrons. The molecule has 0 saturated carbocycles. The van der Waals surface area contributed by atoms with Crippen molar-refractivity contribution in [3.63, 3.8) is 0 Å². The van der Waals surface area contributed by atoms with Gasteiger partial charge in [-0.3, -0.25) is 14.5 Å². The Hall–Kier alpha value is -4.72. The fourth-order valence-electron chi connectivity index (χ4n) is 4.88. The van der Waals surface area contributed by atoms with E-state index >= 15 is 0 Å². The van der Waals surface area contributed by atoms with E-state index in [9.17, 15) is 28.4 Å². The summed E-state index contributed by atoms with van der Waals surface area (Å²) in [7, 11) is 1.53. The van der Waals surface area contributed by atoms with Crippen LogP contribution in [0.4, 0.5) is 13.6 Å². The van der Waals surface area contributed by atoms with Crippen LogP contribution < -0.4 is 5.56 Å². The van der Waals surface area contributed by atoms with Gasteiger partial charge in [0.15, 0.2) is 11.6 Å². The molecule has 200 valence electrons. The van der Waals surface area contributed by atoms with Gasteiger partial charge in [0.25, 0.3) is 11.5 Å². The largest absolute Gasteiger partial charge is 0.444 e. The summed E-state index contributed by atoms with van der Waals surface area (Å²) >= 11 is 0. The number of aromatic amines is 2. The van der Waals surface area contributed by atoms with Gasteiger partial charge in [-0.05, 0) is 62.6 Å². The molecule has 1 atom stereocenters. The summed E-state index contributed by atoms with van der Waals surface area (Å²) in [6.07, 6.45) is -0.653. The predicted molar refractivity (Wildman–Crippen MR) is 139 cm³/mol. The molecule has 3 heterocycles. The number of carbonyl (C=O) groups is 2. The quantitative estimate of drug-likeness (QED) is 0.386. The Kier molecular flexibility index (Phi) is 6.13. The van der Waals surface area contributed by atoms with Crippen LogP contribution >= 0.6 is 0 Å². The Balaban J connectivity index is 1.63. The van der Waals surface area contributed by atoms with Crippen LogP contribution in [0.5, 0.6) is 0 Å². The van der Waals surface area contributed by atoms with Gasteiger partial charge in [-0.25, -0.2) is 13.6 Å². The molecule has 4 aromatic rings. The summed E-state index contributed by atoms with van der Waals surface area (Å²) in [5.74, 6) is -2.76. The molecule has 0 fully saturated rings. The van der Waals surface area contributed by atoms with E-state index in [1.807, 2.05) is 0 Å². The highest BCUT2D eigenvalue weighted by molar-refractivity contribution is 5.99. The molecule has 0 spiro atoms. The number of fused-ring (bicyclic) bond motifs is 4. The van der Waals surface area contributed by atoms with E-state index in [0.29, 0.717) is 22.0 Å². The number of H-pyrrole nitrogens is 2. The molecule has 2 aromatic heterocycles. The average molecular weight is 534 g/mol. The molecule has 1 aliphatic heterocycles. The third kappa shape index (κ3) is 4.69. The topological polar surface area (TPSA) is 122 Å². The number of hydrogen-bond donors (Lipinski definition) is 2. The lowest BCUT2D eigenvalue weighted by molar-refractivity contribution is 0.0142. The van der Waals surface area contributed by atoms with Gasteiger partial charge in [0.1, 0.15) is 11.3 Å². The molecule has 2 N–H and O–H groups in total. The number of carbonyl (C=O) groups excluding carboxylic acids is 2. The van der Waals surface area contributed by atoms with Crippen LogP contribution in [0.3, 0.4) is 0 Å². The van der Waals surface area contributed by atoms with Crippen molar-refractivity contribution < 1.29 is 23.1 Å². The number of benzene rings is 2. The summed E-state index contributed by atoms with van der Waals surface area (Å²) in [6, 6.07) is 9.57. The molecule has 2 amide bonds. The minimum Gasteiger partial charge on any atom is -0.444 e. The van der Waals surface area contributed by atoms with Crippen LogP contribution in [-0.4, -0.2) is 51.0 Å². The molecule has 0 unspecified atom stereocenters. The minimum atomic E-state index is -1.17. The summed E-state index contributed by atoms with van der Waals surface area (Å²) in [4.78, 5) is 48.0. The number of ether oxygens (including phenoxy) is 1. The van der Waals surface area contributed by atoms with E-state index in [-0.39, 0.29) is 35.2 Å².